The molecule has 2 aromatic carbocycles. The van der Waals surface area contributed by atoms with E-state index in [1.54, 1.807) is 62.4 Å². The summed E-state index contributed by atoms with van der Waals surface area (Å²) in [7, 11) is 0. The predicted molar refractivity (Wildman–Crippen MR) is 97.4 cm³/mol. The van der Waals surface area contributed by atoms with E-state index in [4.69, 9.17) is 0 Å². The Morgan fingerprint density at radius 1 is 0.593 bits per heavy atom. The first-order valence-electron chi connectivity index (χ1n) is 8.85. The fraction of sp³-hybridized carbons (Fsp3) is 0.238. The SMILES string of the molecule is C[C@H](C[C@@H](C)N1C(=O)c2ccccc2C1=O)N1C(=O)c2ccccc2C1=O. The van der Waals surface area contributed by atoms with E-state index in [2.05, 4.69) is 0 Å². The molecule has 0 spiro atoms. The van der Waals surface area contributed by atoms with Crippen molar-refractivity contribution in [2.75, 3.05) is 0 Å². The van der Waals surface area contributed by atoms with Crippen molar-refractivity contribution in [1.29, 1.82) is 0 Å². The Balaban J connectivity index is 1.54. The Bertz CT molecular complexity index is 848. The molecule has 2 atom stereocenters. The Morgan fingerprint density at radius 3 is 1.11 bits per heavy atom. The highest BCUT2D eigenvalue weighted by molar-refractivity contribution is 6.22. The van der Waals surface area contributed by atoms with E-state index >= 15 is 0 Å². The van der Waals surface area contributed by atoms with Gasteiger partial charge in [-0.2, -0.15) is 0 Å². The first-order chi connectivity index (χ1) is 12.9. The van der Waals surface area contributed by atoms with Gasteiger partial charge >= 0.3 is 0 Å². The van der Waals surface area contributed by atoms with Crippen LogP contribution in [0.2, 0.25) is 0 Å². The summed E-state index contributed by atoms with van der Waals surface area (Å²) in [4.78, 5) is 52.9. The quantitative estimate of drug-likeness (QED) is 0.784. The summed E-state index contributed by atoms with van der Waals surface area (Å²) in [6, 6.07) is 12.5. The van der Waals surface area contributed by atoms with Gasteiger partial charge in [-0.05, 0) is 44.5 Å². The maximum absolute atomic E-state index is 12.6. The molecule has 0 bridgehead atoms. The van der Waals surface area contributed by atoms with Crippen molar-refractivity contribution in [1.82, 2.24) is 9.80 Å². The summed E-state index contributed by atoms with van der Waals surface area (Å²) >= 11 is 0. The number of fused-ring (bicyclic) bond motifs is 2. The highest BCUT2D eigenvalue weighted by Crippen LogP contribution is 2.29. The molecule has 2 aliphatic heterocycles. The van der Waals surface area contributed by atoms with Crippen molar-refractivity contribution in [2.45, 2.75) is 32.4 Å². The summed E-state index contributed by atoms with van der Waals surface area (Å²) in [5.41, 5.74) is 1.57. The number of benzene rings is 2. The van der Waals surface area contributed by atoms with Crippen LogP contribution in [-0.4, -0.2) is 45.5 Å². The van der Waals surface area contributed by atoms with E-state index in [-0.39, 0.29) is 23.6 Å². The van der Waals surface area contributed by atoms with Crippen LogP contribution in [0, 0.1) is 0 Å². The van der Waals surface area contributed by atoms with Gasteiger partial charge in [0.2, 0.25) is 0 Å². The number of carbonyl (C=O) groups excluding carboxylic acids is 4. The average Bonchev–Trinajstić information content (AvgIpc) is 3.07. The van der Waals surface area contributed by atoms with E-state index < -0.39 is 12.1 Å². The molecule has 4 rings (SSSR count). The molecule has 6 heteroatoms. The number of amides is 4. The molecule has 0 fully saturated rings. The molecule has 136 valence electrons. The maximum Gasteiger partial charge on any atom is 0.261 e. The average molecular weight is 362 g/mol. The highest BCUT2D eigenvalue weighted by atomic mass is 16.2. The minimum Gasteiger partial charge on any atom is -0.271 e. The van der Waals surface area contributed by atoms with Gasteiger partial charge in [-0.1, -0.05) is 24.3 Å². The predicted octanol–water partition coefficient (Wildman–Crippen LogP) is 2.75. The summed E-state index contributed by atoms with van der Waals surface area (Å²) in [5.74, 6) is -1.34. The van der Waals surface area contributed by atoms with Gasteiger partial charge in [0.15, 0.2) is 0 Å². The van der Waals surface area contributed by atoms with Crippen LogP contribution in [0.5, 0.6) is 0 Å². The third-order valence-electron chi connectivity index (χ3n) is 5.21. The molecule has 0 N–H and O–H groups in total. The summed E-state index contributed by atoms with van der Waals surface area (Å²) in [6.45, 7) is 3.52. The lowest BCUT2D eigenvalue weighted by Crippen LogP contribution is -2.45. The van der Waals surface area contributed by atoms with E-state index in [1.165, 1.54) is 9.80 Å². The summed E-state index contributed by atoms with van der Waals surface area (Å²) in [5, 5.41) is 0. The van der Waals surface area contributed by atoms with E-state index in [1.807, 2.05) is 0 Å². The van der Waals surface area contributed by atoms with Gasteiger partial charge in [0.1, 0.15) is 0 Å². The minimum absolute atomic E-state index is 0.316. The molecular formula is C21H18N2O4. The van der Waals surface area contributed by atoms with Crippen molar-refractivity contribution in [3.8, 4) is 0 Å². The molecule has 0 saturated heterocycles. The second-order valence-corrected chi connectivity index (χ2v) is 6.99. The van der Waals surface area contributed by atoms with Gasteiger partial charge in [0.05, 0.1) is 22.3 Å². The Kier molecular flexibility index (Phi) is 3.91. The fourth-order valence-electron chi connectivity index (χ4n) is 3.92. The molecule has 27 heavy (non-hydrogen) atoms. The first kappa shape index (κ1) is 17.1. The lowest BCUT2D eigenvalue weighted by Gasteiger charge is -2.29. The molecule has 6 nitrogen and oxygen atoms in total. The molecule has 0 unspecified atom stereocenters. The summed E-state index contributed by atoms with van der Waals surface area (Å²) < 4.78 is 0. The van der Waals surface area contributed by atoms with Gasteiger partial charge in [-0.3, -0.25) is 29.0 Å². The molecule has 0 aliphatic carbocycles. The molecular weight excluding hydrogens is 344 g/mol. The summed E-state index contributed by atoms with van der Waals surface area (Å²) in [6.07, 6.45) is 0.316. The largest absolute Gasteiger partial charge is 0.271 e. The number of imide groups is 2. The van der Waals surface area contributed by atoms with Crippen molar-refractivity contribution in [3.05, 3.63) is 70.8 Å². The van der Waals surface area contributed by atoms with Crippen LogP contribution >= 0.6 is 0 Å². The van der Waals surface area contributed by atoms with Crippen LogP contribution in [-0.2, 0) is 0 Å². The third kappa shape index (κ3) is 2.48. The number of hydrogen-bond acceptors (Lipinski definition) is 4. The van der Waals surface area contributed by atoms with Crippen LogP contribution in [0.3, 0.4) is 0 Å². The van der Waals surface area contributed by atoms with Gasteiger partial charge in [-0.15, -0.1) is 0 Å². The smallest absolute Gasteiger partial charge is 0.261 e. The van der Waals surface area contributed by atoms with Gasteiger partial charge < -0.3 is 0 Å². The molecule has 0 radical (unpaired) electrons. The molecule has 4 amide bonds. The number of hydrogen-bond donors (Lipinski definition) is 0. The zero-order valence-corrected chi connectivity index (χ0v) is 15.0. The number of carbonyl (C=O) groups is 4. The van der Waals surface area contributed by atoms with E-state index in [9.17, 15) is 19.2 Å². The van der Waals surface area contributed by atoms with Gasteiger partial charge in [0.25, 0.3) is 23.6 Å². The zero-order chi connectivity index (χ0) is 19.3. The number of nitrogens with zero attached hydrogens (tertiary/aromatic N) is 2. The van der Waals surface area contributed by atoms with Gasteiger partial charge in [0, 0.05) is 12.1 Å². The maximum atomic E-state index is 12.6. The lowest BCUT2D eigenvalue weighted by atomic mass is 10.1. The Hall–Kier alpha value is -3.28. The van der Waals surface area contributed by atoms with E-state index in [0.717, 1.165) is 0 Å². The monoisotopic (exact) mass is 362 g/mol. The van der Waals surface area contributed by atoms with Crippen LogP contribution in [0.1, 0.15) is 61.7 Å². The van der Waals surface area contributed by atoms with Gasteiger partial charge in [-0.25, -0.2) is 0 Å². The second-order valence-electron chi connectivity index (χ2n) is 6.99. The molecule has 2 heterocycles. The van der Waals surface area contributed by atoms with E-state index in [0.29, 0.717) is 28.7 Å². The minimum atomic E-state index is -0.447. The molecule has 0 aromatic heterocycles. The van der Waals surface area contributed by atoms with Crippen LogP contribution < -0.4 is 0 Å². The third-order valence-corrected chi connectivity index (χ3v) is 5.21. The standard InChI is InChI=1S/C21H18N2O4/c1-12(22-18(24)14-7-3-4-8-15(14)19(22)25)11-13(2)23-20(26)16-9-5-6-10-17(16)21(23)27/h3-10,12-13H,11H2,1-2H3/t12-,13-/m1/s1. The van der Waals surface area contributed by atoms with Crippen LogP contribution in [0.4, 0.5) is 0 Å². The zero-order valence-electron chi connectivity index (χ0n) is 15.0. The topological polar surface area (TPSA) is 74.8 Å². The van der Waals surface area contributed by atoms with Crippen molar-refractivity contribution >= 4 is 23.6 Å². The van der Waals surface area contributed by atoms with Crippen LogP contribution in [0.25, 0.3) is 0 Å². The normalized spacial score (nSPS) is 18.0. The van der Waals surface area contributed by atoms with Crippen molar-refractivity contribution < 1.29 is 19.2 Å². The highest BCUT2D eigenvalue weighted by Gasteiger charge is 2.42. The molecule has 2 aliphatic rings. The second kappa shape index (κ2) is 6.16. The Labute approximate surface area is 156 Å². The van der Waals surface area contributed by atoms with Crippen LogP contribution in [0.15, 0.2) is 48.5 Å². The van der Waals surface area contributed by atoms with Crippen molar-refractivity contribution in [2.24, 2.45) is 0 Å². The molecule has 2 aromatic rings. The lowest BCUT2D eigenvalue weighted by molar-refractivity contribution is 0.0522. The molecule has 0 saturated carbocycles. The number of rotatable bonds is 4. The first-order valence-corrected chi connectivity index (χ1v) is 8.85. The van der Waals surface area contributed by atoms with Crippen molar-refractivity contribution in [3.63, 3.8) is 0 Å². The fourth-order valence-corrected chi connectivity index (χ4v) is 3.92. The Morgan fingerprint density at radius 2 is 0.852 bits per heavy atom.